The number of hydrogen-bond acceptors (Lipinski definition) is 2. The van der Waals surface area contributed by atoms with Gasteiger partial charge in [-0.3, -0.25) is 0 Å². The average Bonchev–Trinajstić information content (AvgIpc) is 2.20. The van der Waals surface area contributed by atoms with Crippen LogP contribution in [0.5, 0.6) is 5.75 Å². The Morgan fingerprint density at radius 3 is 2.87 bits per heavy atom. The van der Waals surface area contributed by atoms with Gasteiger partial charge < -0.3 is 10.5 Å². The molecule has 0 radical (unpaired) electrons. The summed E-state index contributed by atoms with van der Waals surface area (Å²) in [7, 11) is 0. The Hall–Kier alpha value is -1.46. The van der Waals surface area contributed by atoms with Crippen LogP contribution in [-0.2, 0) is 0 Å². The van der Waals surface area contributed by atoms with Crippen molar-refractivity contribution >= 4 is 0 Å². The Kier molecular flexibility index (Phi) is 4.20. The van der Waals surface area contributed by atoms with E-state index in [1.807, 2.05) is 26.0 Å². The summed E-state index contributed by atoms with van der Waals surface area (Å²) in [6, 6.07) is 5.99. The Labute approximate surface area is 91.4 Å². The van der Waals surface area contributed by atoms with E-state index in [0.29, 0.717) is 13.0 Å². The molecule has 2 heteroatoms. The van der Waals surface area contributed by atoms with E-state index >= 15 is 0 Å². The van der Waals surface area contributed by atoms with Crippen LogP contribution in [0.4, 0.5) is 0 Å². The molecule has 0 aromatic heterocycles. The van der Waals surface area contributed by atoms with E-state index in [0.717, 1.165) is 11.3 Å². The highest BCUT2D eigenvalue weighted by Gasteiger charge is 2.07. The highest BCUT2D eigenvalue weighted by Crippen LogP contribution is 2.24. The van der Waals surface area contributed by atoms with Crippen molar-refractivity contribution in [1.82, 2.24) is 0 Å². The summed E-state index contributed by atoms with van der Waals surface area (Å²) in [5.74, 6) is 3.38. The topological polar surface area (TPSA) is 35.2 Å². The van der Waals surface area contributed by atoms with E-state index in [1.54, 1.807) is 0 Å². The Morgan fingerprint density at radius 1 is 1.53 bits per heavy atom. The third kappa shape index (κ3) is 3.30. The van der Waals surface area contributed by atoms with Crippen LogP contribution in [0.1, 0.15) is 30.5 Å². The van der Waals surface area contributed by atoms with Gasteiger partial charge in [0.15, 0.2) is 0 Å². The number of rotatable bonds is 4. The van der Waals surface area contributed by atoms with Gasteiger partial charge in [0.1, 0.15) is 5.75 Å². The lowest BCUT2D eigenvalue weighted by molar-refractivity contribution is 0.322. The molecule has 1 atom stereocenters. The molecule has 0 bridgehead atoms. The van der Waals surface area contributed by atoms with Crippen LogP contribution in [-0.4, -0.2) is 6.61 Å². The lowest BCUT2D eigenvalue weighted by Crippen LogP contribution is -2.08. The fourth-order valence-electron chi connectivity index (χ4n) is 1.38. The predicted octanol–water partition coefficient (Wildman–Crippen LogP) is 2.42. The van der Waals surface area contributed by atoms with Gasteiger partial charge in [-0.05, 0) is 19.9 Å². The summed E-state index contributed by atoms with van der Waals surface area (Å²) in [5, 5.41) is 0. The first-order valence-corrected chi connectivity index (χ1v) is 5.07. The molecule has 0 unspecified atom stereocenters. The molecular weight excluding hydrogens is 186 g/mol. The van der Waals surface area contributed by atoms with Crippen molar-refractivity contribution < 1.29 is 4.74 Å². The number of ether oxygens (including phenoxy) is 1. The van der Waals surface area contributed by atoms with Crippen LogP contribution in [0, 0.1) is 19.3 Å². The molecule has 0 aliphatic carbocycles. The molecule has 2 N–H and O–H groups in total. The number of benzene rings is 1. The van der Waals surface area contributed by atoms with Crippen molar-refractivity contribution in [3.63, 3.8) is 0 Å². The van der Waals surface area contributed by atoms with Crippen LogP contribution in [0.2, 0.25) is 0 Å². The predicted molar refractivity (Wildman–Crippen MR) is 62.7 cm³/mol. The summed E-state index contributed by atoms with van der Waals surface area (Å²) in [6.07, 6.45) is 5.78. The quantitative estimate of drug-likeness (QED) is 0.602. The molecule has 1 aromatic carbocycles. The highest BCUT2D eigenvalue weighted by molar-refractivity contribution is 5.38. The van der Waals surface area contributed by atoms with Crippen molar-refractivity contribution in [3.05, 3.63) is 29.3 Å². The van der Waals surface area contributed by atoms with Crippen molar-refractivity contribution in [2.24, 2.45) is 5.73 Å². The fourth-order valence-corrected chi connectivity index (χ4v) is 1.38. The largest absolute Gasteiger partial charge is 0.492 e. The third-order valence-electron chi connectivity index (χ3n) is 2.16. The lowest BCUT2D eigenvalue weighted by Gasteiger charge is -2.14. The molecule has 0 saturated heterocycles. The van der Waals surface area contributed by atoms with Crippen LogP contribution in [0.15, 0.2) is 18.2 Å². The van der Waals surface area contributed by atoms with Gasteiger partial charge in [-0.1, -0.05) is 17.7 Å². The van der Waals surface area contributed by atoms with Gasteiger partial charge in [0.25, 0.3) is 0 Å². The Balaban J connectivity index is 2.82. The van der Waals surface area contributed by atoms with Gasteiger partial charge in [0, 0.05) is 18.0 Å². The second-order valence-electron chi connectivity index (χ2n) is 3.63. The van der Waals surface area contributed by atoms with Crippen molar-refractivity contribution in [2.75, 3.05) is 6.61 Å². The van der Waals surface area contributed by atoms with E-state index in [1.165, 1.54) is 5.56 Å². The zero-order chi connectivity index (χ0) is 11.3. The lowest BCUT2D eigenvalue weighted by atomic mass is 10.1. The number of nitrogens with two attached hydrogens (primary N) is 1. The summed E-state index contributed by atoms with van der Waals surface area (Å²) < 4.78 is 5.57. The Morgan fingerprint density at radius 2 is 2.27 bits per heavy atom. The van der Waals surface area contributed by atoms with Gasteiger partial charge in [0.05, 0.1) is 6.61 Å². The Bertz CT molecular complexity index is 363. The van der Waals surface area contributed by atoms with Gasteiger partial charge >= 0.3 is 0 Å². The normalized spacial score (nSPS) is 11.9. The summed E-state index contributed by atoms with van der Waals surface area (Å²) in [6.45, 7) is 4.53. The molecule has 15 heavy (non-hydrogen) atoms. The van der Waals surface area contributed by atoms with Gasteiger partial charge in [-0.25, -0.2) is 0 Å². The van der Waals surface area contributed by atoms with E-state index in [9.17, 15) is 0 Å². The molecule has 80 valence electrons. The number of terminal acetylenes is 1. The molecule has 2 nitrogen and oxygen atoms in total. The maximum Gasteiger partial charge on any atom is 0.124 e. The summed E-state index contributed by atoms with van der Waals surface area (Å²) >= 11 is 0. The van der Waals surface area contributed by atoms with Crippen molar-refractivity contribution in [3.8, 4) is 18.1 Å². The third-order valence-corrected chi connectivity index (χ3v) is 2.16. The summed E-state index contributed by atoms with van der Waals surface area (Å²) in [5.41, 5.74) is 8.09. The summed E-state index contributed by atoms with van der Waals surface area (Å²) in [4.78, 5) is 0. The minimum absolute atomic E-state index is 0.0225. The number of hydrogen-bond donors (Lipinski definition) is 1. The minimum atomic E-state index is -0.0225. The number of aryl methyl sites for hydroxylation is 1. The van der Waals surface area contributed by atoms with E-state index in [-0.39, 0.29) is 6.04 Å². The van der Waals surface area contributed by atoms with Gasteiger partial charge in [-0.2, -0.15) is 0 Å². The molecule has 1 rings (SSSR count). The van der Waals surface area contributed by atoms with Crippen molar-refractivity contribution in [1.29, 1.82) is 0 Å². The second kappa shape index (κ2) is 5.43. The van der Waals surface area contributed by atoms with Gasteiger partial charge in [-0.15, -0.1) is 12.3 Å². The smallest absolute Gasteiger partial charge is 0.124 e. The monoisotopic (exact) mass is 203 g/mol. The molecule has 0 aliphatic rings. The highest BCUT2D eigenvalue weighted by atomic mass is 16.5. The zero-order valence-electron chi connectivity index (χ0n) is 9.29. The van der Waals surface area contributed by atoms with Gasteiger partial charge in [0.2, 0.25) is 0 Å². The zero-order valence-corrected chi connectivity index (χ0v) is 9.29. The first kappa shape index (κ1) is 11.6. The average molecular weight is 203 g/mol. The minimum Gasteiger partial charge on any atom is -0.492 e. The molecular formula is C13H17NO. The molecule has 0 amide bonds. The van der Waals surface area contributed by atoms with Crippen molar-refractivity contribution in [2.45, 2.75) is 26.3 Å². The molecule has 0 fully saturated rings. The maximum atomic E-state index is 5.87. The maximum absolute atomic E-state index is 5.87. The molecule has 0 heterocycles. The molecule has 1 aromatic rings. The fraction of sp³-hybridized carbons (Fsp3) is 0.385. The van der Waals surface area contributed by atoms with Crippen LogP contribution < -0.4 is 10.5 Å². The van der Waals surface area contributed by atoms with E-state index in [2.05, 4.69) is 12.0 Å². The van der Waals surface area contributed by atoms with E-state index in [4.69, 9.17) is 16.9 Å². The van der Waals surface area contributed by atoms with Crippen LogP contribution >= 0.6 is 0 Å². The second-order valence-corrected chi connectivity index (χ2v) is 3.63. The SMILES string of the molecule is C#CCCOc1ccc(C)cc1[C@@H](C)N. The first-order chi connectivity index (χ1) is 7.15. The molecule has 0 aliphatic heterocycles. The standard InChI is InChI=1S/C13H17NO/c1-4-5-8-15-13-7-6-10(2)9-12(13)11(3)14/h1,6-7,9,11H,5,8,14H2,2-3H3/t11-/m1/s1. The van der Waals surface area contributed by atoms with Crippen LogP contribution in [0.25, 0.3) is 0 Å². The first-order valence-electron chi connectivity index (χ1n) is 5.07. The molecule has 0 saturated carbocycles. The van der Waals surface area contributed by atoms with Crippen LogP contribution in [0.3, 0.4) is 0 Å². The van der Waals surface area contributed by atoms with E-state index < -0.39 is 0 Å². The molecule has 0 spiro atoms.